The third-order valence-electron chi connectivity index (χ3n) is 2.81. The molecule has 0 bridgehead atoms. The van der Waals surface area contributed by atoms with Crippen LogP contribution in [0.25, 0.3) is 0 Å². The summed E-state index contributed by atoms with van der Waals surface area (Å²) in [5.74, 6) is 0. The van der Waals surface area contributed by atoms with E-state index < -0.39 is 0 Å². The number of hydrogen-bond donors (Lipinski definition) is 0. The summed E-state index contributed by atoms with van der Waals surface area (Å²) >= 11 is 0. The predicted molar refractivity (Wildman–Crippen MR) is 57.3 cm³/mol. The van der Waals surface area contributed by atoms with Crippen LogP contribution in [0.3, 0.4) is 0 Å². The maximum atomic E-state index is 8.74. The number of hydrogen-bond acceptors (Lipinski definition) is 3. The number of nitrogens with zero attached hydrogens (tertiary/aromatic N) is 3. The maximum absolute atomic E-state index is 8.74. The molecule has 0 amide bonds. The van der Waals surface area contributed by atoms with Gasteiger partial charge in [0.2, 0.25) is 0 Å². The van der Waals surface area contributed by atoms with Crippen molar-refractivity contribution in [2.45, 2.75) is 12.6 Å². The molecule has 0 radical (unpaired) electrons. The molecule has 0 saturated carbocycles. The zero-order valence-corrected chi connectivity index (χ0v) is 8.44. The van der Waals surface area contributed by atoms with Crippen LogP contribution >= 0.6 is 0 Å². The molecule has 14 heavy (non-hydrogen) atoms. The standard InChI is InChI=1S/C11H13N3/c1-13-9-5-3-4-6-10(9)14(2)11(13)7-8-12/h3-6,11H,7H2,1-2H3. The average molecular weight is 187 g/mol. The minimum atomic E-state index is 0.178. The number of anilines is 2. The van der Waals surface area contributed by atoms with E-state index in [1.165, 1.54) is 11.4 Å². The molecule has 72 valence electrons. The van der Waals surface area contributed by atoms with E-state index in [0.29, 0.717) is 6.42 Å². The Balaban J connectivity index is 2.39. The van der Waals surface area contributed by atoms with E-state index in [0.717, 1.165) is 0 Å². The highest BCUT2D eigenvalue weighted by molar-refractivity contribution is 5.76. The third-order valence-corrected chi connectivity index (χ3v) is 2.81. The Kier molecular flexibility index (Phi) is 2.05. The molecular formula is C11H13N3. The fraction of sp³-hybridized carbons (Fsp3) is 0.364. The quantitative estimate of drug-likeness (QED) is 0.671. The molecule has 2 rings (SSSR count). The molecule has 3 nitrogen and oxygen atoms in total. The van der Waals surface area contributed by atoms with Gasteiger partial charge in [-0.2, -0.15) is 5.26 Å². The fourth-order valence-corrected chi connectivity index (χ4v) is 2.00. The predicted octanol–water partition coefficient (Wildman–Crippen LogP) is 1.81. The van der Waals surface area contributed by atoms with Crippen LogP contribution in [0.5, 0.6) is 0 Å². The second-order valence-corrected chi connectivity index (χ2v) is 3.55. The van der Waals surface area contributed by atoms with Crippen molar-refractivity contribution in [1.82, 2.24) is 0 Å². The Morgan fingerprint density at radius 2 is 1.71 bits per heavy atom. The van der Waals surface area contributed by atoms with Gasteiger partial charge in [-0.15, -0.1) is 0 Å². The van der Waals surface area contributed by atoms with Crippen molar-refractivity contribution in [1.29, 1.82) is 5.26 Å². The normalized spacial score (nSPS) is 15.5. The minimum absolute atomic E-state index is 0.178. The number of nitriles is 1. The van der Waals surface area contributed by atoms with Crippen LogP contribution in [0.2, 0.25) is 0 Å². The number of benzene rings is 1. The first-order valence-corrected chi connectivity index (χ1v) is 4.67. The van der Waals surface area contributed by atoms with Gasteiger partial charge < -0.3 is 9.80 Å². The molecule has 1 heterocycles. The molecule has 3 heteroatoms. The molecule has 1 aliphatic heterocycles. The van der Waals surface area contributed by atoms with Crippen LogP contribution in [-0.2, 0) is 0 Å². The van der Waals surface area contributed by atoms with Gasteiger partial charge in [0.25, 0.3) is 0 Å². The van der Waals surface area contributed by atoms with Gasteiger partial charge in [0.15, 0.2) is 0 Å². The van der Waals surface area contributed by atoms with Crippen molar-refractivity contribution < 1.29 is 0 Å². The van der Waals surface area contributed by atoms with Crippen LogP contribution < -0.4 is 9.80 Å². The van der Waals surface area contributed by atoms with Crippen molar-refractivity contribution in [3.63, 3.8) is 0 Å². The SMILES string of the molecule is CN1c2ccccc2N(C)C1CC#N. The Morgan fingerprint density at radius 3 is 2.14 bits per heavy atom. The number of fused-ring (bicyclic) bond motifs is 1. The Morgan fingerprint density at radius 1 is 1.21 bits per heavy atom. The second-order valence-electron chi connectivity index (χ2n) is 3.55. The molecule has 0 saturated heterocycles. The van der Waals surface area contributed by atoms with Crippen molar-refractivity contribution >= 4 is 11.4 Å². The summed E-state index contributed by atoms with van der Waals surface area (Å²) in [7, 11) is 4.06. The third kappa shape index (κ3) is 1.12. The van der Waals surface area contributed by atoms with Gasteiger partial charge in [-0.3, -0.25) is 0 Å². The molecule has 0 atom stereocenters. The lowest BCUT2D eigenvalue weighted by Gasteiger charge is -2.25. The molecule has 1 aliphatic rings. The number of para-hydroxylation sites is 2. The van der Waals surface area contributed by atoms with Crippen molar-refractivity contribution in [2.75, 3.05) is 23.9 Å². The second kappa shape index (κ2) is 3.22. The van der Waals surface area contributed by atoms with E-state index in [1.807, 2.05) is 26.2 Å². The molecular weight excluding hydrogens is 174 g/mol. The molecule has 0 fully saturated rings. The van der Waals surface area contributed by atoms with Gasteiger partial charge >= 0.3 is 0 Å². The van der Waals surface area contributed by atoms with E-state index in [4.69, 9.17) is 5.26 Å². The van der Waals surface area contributed by atoms with Crippen molar-refractivity contribution in [3.05, 3.63) is 24.3 Å². The van der Waals surface area contributed by atoms with Gasteiger partial charge in [-0.25, -0.2) is 0 Å². The van der Waals surface area contributed by atoms with Gasteiger partial charge in [0.1, 0.15) is 6.17 Å². The highest BCUT2D eigenvalue weighted by atomic mass is 15.4. The van der Waals surface area contributed by atoms with E-state index in [-0.39, 0.29) is 6.17 Å². The van der Waals surface area contributed by atoms with Crippen LogP contribution in [0, 0.1) is 11.3 Å². The van der Waals surface area contributed by atoms with Gasteiger partial charge in [0.05, 0.1) is 23.9 Å². The van der Waals surface area contributed by atoms with Crippen LogP contribution in [0.1, 0.15) is 6.42 Å². The first kappa shape index (κ1) is 8.89. The maximum Gasteiger partial charge on any atom is 0.114 e. The van der Waals surface area contributed by atoms with E-state index in [2.05, 4.69) is 28.0 Å². The van der Waals surface area contributed by atoms with Gasteiger partial charge in [0, 0.05) is 14.1 Å². The lowest BCUT2D eigenvalue weighted by molar-refractivity contribution is 0.663. The average Bonchev–Trinajstić information content (AvgIpc) is 2.45. The molecule has 0 spiro atoms. The first-order chi connectivity index (χ1) is 6.75. The fourth-order valence-electron chi connectivity index (χ4n) is 2.00. The summed E-state index contributed by atoms with van der Waals surface area (Å²) in [6.45, 7) is 0. The zero-order valence-electron chi connectivity index (χ0n) is 8.44. The zero-order chi connectivity index (χ0) is 10.1. The van der Waals surface area contributed by atoms with Crippen molar-refractivity contribution in [2.24, 2.45) is 0 Å². The summed E-state index contributed by atoms with van der Waals surface area (Å²) in [5.41, 5.74) is 2.41. The lowest BCUT2D eigenvalue weighted by Crippen LogP contribution is -2.38. The molecule has 0 N–H and O–H groups in total. The van der Waals surface area contributed by atoms with E-state index >= 15 is 0 Å². The summed E-state index contributed by atoms with van der Waals surface area (Å²) in [4.78, 5) is 4.30. The van der Waals surface area contributed by atoms with Gasteiger partial charge in [-0.1, -0.05) is 12.1 Å². The Hall–Kier alpha value is -1.69. The minimum Gasteiger partial charge on any atom is -0.352 e. The summed E-state index contributed by atoms with van der Waals surface area (Å²) in [6.07, 6.45) is 0.708. The summed E-state index contributed by atoms with van der Waals surface area (Å²) in [6, 6.07) is 10.4. The lowest BCUT2D eigenvalue weighted by atomic mass is 10.3. The highest BCUT2D eigenvalue weighted by Crippen LogP contribution is 2.37. The molecule has 0 aliphatic carbocycles. The van der Waals surface area contributed by atoms with Crippen LogP contribution in [-0.4, -0.2) is 20.3 Å². The van der Waals surface area contributed by atoms with E-state index in [9.17, 15) is 0 Å². The van der Waals surface area contributed by atoms with Crippen LogP contribution in [0.4, 0.5) is 11.4 Å². The topological polar surface area (TPSA) is 30.3 Å². The molecule has 1 aromatic carbocycles. The monoisotopic (exact) mass is 187 g/mol. The molecule has 0 unspecified atom stereocenters. The van der Waals surface area contributed by atoms with Crippen LogP contribution in [0.15, 0.2) is 24.3 Å². The summed E-state index contributed by atoms with van der Waals surface area (Å²) in [5, 5.41) is 8.74. The van der Waals surface area contributed by atoms with Gasteiger partial charge in [-0.05, 0) is 12.1 Å². The Labute approximate surface area is 84.2 Å². The largest absolute Gasteiger partial charge is 0.352 e. The molecule has 0 aromatic heterocycles. The van der Waals surface area contributed by atoms with E-state index in [1.54, 1.807) is 0 Å². The highest BCUT2D eigenvalue weighted by Gasteiger charge is 2.29. The summed E-state index contributed by atoms with van der Waals surface area (Å²) < 4.78 is 0. The molecule has 1 aromatic rings. The smallest absolute Gasteiger partial charge is 0.114 e. The number of rotatable bonds is 1. The first-order valence-electron chi connectivity index (χ1n) is 4.67. The van der Waals surface area contributed by atoms with Crippen molar-refractivity contribution in [3.8, 4) is 6.07 Å². The Bertz CT molecular complexity index is 351.